The second-order valence-electron chi connectivity index (χ2n) is 8.79. The van der Waals surface area contributed by atoms with Gasteiger partial charge in [0.15, 0.2) is 0 Å². The summed E-state index contributed by atoms with van der Waals surface area (Å²) in [6.45, 7) is 2.54. The second kappa shape index (κ2) is 11.1. The molecule has 0 spiro atoms. The predicted molar refractivity (Wildman–Crippen MR) is 144 cm³/mol. The van der Waals surface area contributed by atoms with Gasteiger partial charge in [-0.1, -0.05) is 78.3 Å². The number of nitrogens with one attached hydrogen (secondary N) is 1. The summed E-state index contributed by atoms with van der Waals surface area (Å²) in [6, 6.07) is 32.2. The van der Waals surface area contributed by atoms with Gasteiger partial charge in [-0.25, -0.2) is 0 Å². The average molecular weight is 491 g/mol. The summed E-state index contributed by atoms with van der Waals surface area (Å²) in [6.07, 6.45) is 1.01. The zero-order valence-corrected chi connectivity index (χ0v) is 20.4. The zero-order valence-electron chi connectivity index (χ0n) is 18.9. The summed E-state index contributed by atoms with van der Waals surface area (Å²) >= 11 is 6.16. The molecule has 4 aromatic rings. The molecule has 0 unspecified atom stereocenters. The minimum atomic E-state index is 0. The molecule has 1 amide bonds. The lowest BCUT2D eigenvalue weighted by molar-refractivity contribution is 0.0983. The van der Waals surface area contributed by atoms with Crippen LogP contribution in [-0.4, -0.2) is 25.5 Å². The molecule has 1 N–H and O–H groups in total. The van der Waals surface area contributed by atoms with Crippen LogP contribution in [-0.2, 0) is 6.42 Å². The topological polar surface area (TPSA) is 32.3 Å². The van der Waals surface area contributed by atoms with E-state index in [0.717, 1.165) is 41.5 Å². The van der Waals surface area contributed by atoms with Crippen molar-refractivity contribution < 1.29 is 4.79 Å². The molecule has 1 heterocycles. The van der Waals surface area contributed by atoms with Gasteiger partial charge in [0.1, 0.15) is 0 Å². The van der Waals surface area contributed by atoms with Crippen LogP contribution >= 0.6 is 24.0 Å². The van der Waals surface area contributed by atoms with Gasteiger partial charge in [-0.2, -0.15) is 0 Å². The Morgan fingerprint density at radius 1 is 0.824 bits per heavy atom. The summed E-state index contributed by atoms with van der Waals surface area (Å²) in [5, 5.41) is 6.28. The number of carbonyl (C=O) groups excluding carboxylic acids is 1. The molecule has 1 aliphatic heterocycles. The summed E-state index contributed by atoms with van der Waals surface area (Å²) < 4.78 is 0. The molecule has 5 heteroatoms. The minimum absolute atomic E-state index is 0. The number of carbonyl (C=O) groups is 1. The van der Waals surface area contributed by atoms with Crippen LogP contribution in [0.2, 0.25) is 5.02 Å². The van der Waals surface area contributed by atoms with Crippen LogP contribution in [0.25, 0.3) is 10.8 Å². The fourth-order valence-electron chi connectivity index (χ4n) is 4.88. The smallest absolute Gasteiger partial charge is 0.258 e. The maximum absolute atomic E-state index is 14.0. The van der Waals surface area contributed by atoms with E-state index < -0.39 is 0 Å². The molecule has 0 aromatic heterocycles. The predicted octanol–water partition coefficient (Wildman–Crippen LogP) is 6.64. The molecular weight excluding hydrogens is 463 g/mol. The van der Waals surface area contributed by atoms with Crippen LogP contribution in [0.3, 0.4) is 0 Å². The van der Waals surface area contributed by atoms with Crippen molar-refractivity contribution >= 4 is 46.4 Å². The van der Waals surface area contributed by atoms with Crippen LogP contribution in [0, 0.1) is 11.8 Å². The molecule has 0 saturated carbocycles. The lowest BCUT2D eigenvalue weighted by Gasteiger charge is -2.29. The Hall–Kier alpha value is -2.85. The van der Waals surface area contributed by atoms with Gasteiger partial charge >= 0.3 is 0 Å². The van der Waals surface area contributed by atoms with Crippen LogP contribution in [0.4, 0.5) is 5.69 Å². The van der Waals surface area contributed by atoms with E-state index in [0.29, 0.717) is 23.4 Å². The van der Waals surface area contributed by atoms with Crippen LogP contribution in [0.1, 0.15) is 15.9 Å². The molecule has 5 rings (SSSR count). The number of amides is 1. The standard InChI is InChI=1S/C29H27ClN2O.ClH/c30-25-13-15-26(16-14-25)32(29(33)28-12-6-10-22-9-4-5-11-27(22)28)20-24-19-31-18-23(24)17-21-7-2-1-3-8-21;/h1-16,23-24,31H,17-20H2;1H/t23-,24+;/m0./s1. The molecule has 0 bridgehead atoms. The van der Waals surface area contributed by atoms with Crippen molar-refractivity contribution in [2.24, 2.45) is 11.8 Å². The lowest BCUT2D eigenvalue weighted by Crippen LogP contribution is -2.38. The molecule has 1 fully saturated rings. The van der Waals surface area contributed by atoms with Gasteiger partial charge in [-0.3, -0.25) is 4.79 Å². The summed E-state index contributed by atoms with van der Waals surface area (Å²) in [5.74, 6) is 0.863. The number of halogens is 2. The second-order valence-corrected chi connectivity index (χ2v) is 9.22. The number of hydrogen-bond donors (Lipinski definition) is 1. The number of benzene rings is 4. The van der Waals surface area contributed by atoms with Crippen molar-refractivity contribution in [2.45, 2.75) is 6.42 Å². The molecule has 0 aliphatic carbocycles. The first-order valence-electron chi connectivity index (χ1n) is 11.5. The van der Waals surface area contributed by atoms with Gasteiger partial charge in [-0.05, 0) is 78.0 Å². The zero-order chi connectivity index (χ0) is 22.6. The number of anilines is 1. The van der Waals surface area contributed by atoms with Gasteiger partial charge in [0.05, 0.1) is 0 Å². The Balaban J connectivity index is 0.00000274. The Bertz CT molecular complexity index is 1240. The van der Waals surface area contributed by atoms with Crippen molar-refractivity contribution in [3.63, 3.8) is 0 Å². The first-order chi connectivity index (χ1) is 16.2. The quantitative estimate of drug-likeness (QED) is 0.328. The maximum Gasteiger partial charge on any atom is 0.258 e. The van der Waals surface area contributed by atoms with E-state index in [-0.39, 0.29) is 18.3 Å². The molecule has 1 saturated heterocycles. The Labute approximate surface area is 212 Å². The van der Waals surface area contributed by atoms with Crippen molar-refractivity contribution in [3.05, 3.63) is 113 Å². The Morgan fingerprint density at radius 2 is 1.50 bits per heavy atom. The highest BCUT2D eigenvalue weighted by Crippen LogP contribution is 2.29. The lowest BCUT2D eigenvalue weighted by atomic mass is 9.89. The Morgan fingerprint density at radius 3 is 2.29 bits per heavy atom. The highest BCUT2D eigenvalue weighted by molar-refractivity contribution is 6.30. The van der Waals surface area contributed by atoms with E-state index in [1.54, 1.807) is 0 Å². The average Bonchev–Trinajstić information content (AvgIpc) is 3.29. The monoisotopic (exact) mass is 490 g/mol. The Kier molecular flexibility index (Phi) is 7.89. The molecule has 0 radical (unpaired) electrons. The van der Waals surface area contributed by atoms with E-state index in [1.165, 1.54) is 5.56 Å². The SMILES string of the molecule is Cl.O=C(c1cccc2ccccc12)N(C[C@H]1CNC[C@@H]1Cc1ccccc1)c1ccc(Cl)cc1. The number of rotatable bonds is 6. The van der Waals surface area contributed by atoms with Crippen LogP contribution in [0.15, 0.2) is 97.1 Å². The van der Waals surface area contributed by atoms with Crippen molar-refractivity contribution in [1.29, 1.82) is 0 Å². The van der Waals surface area contributed by atoms with Gasteiger partial charge < -0.3 is 10.2 Å². The largest absolute Gasteiger partial charge is 0.316 e. The highest BCUT2D eigenvalue weighted by atomic mass is 35.5. The van der Waals surface area contributed by atoms with Gasteiger partial charge in [0.2, 0.25) is 0 Å². The number of nitrogens with zero attached hydrogens (tertiary/aromatic N) is 1. The van der Waals surface area contributed by atoms with E-state index >= 15 is 0 Å². The maximum atomic E-state index is 14.0. The van der Waals surface area contributed by atoms with Crippen molar-refractivity contribution in [2.75, 3.05) is 24.5 Å². The number of hydrogen-bond acceptors (Lipinski definition) is 2. The van der Waals surface area contributed by atoms with E-state index in [4.69, 9.17) is 11.6 Å². The summed E-state index contributed by atoms with van der Waals surface area (Å²) in [5.41, 5.74) is 2.95. The summed E-state index contributed by atoms with van der Waals surface area (Å²) in [4.78, 5) is 15.9. The molecule has 1 aliphatic rings. The normalized spacial score (nSPS) is 17.3. The summed E-state index contributed by atoms with van der Waals surface area (Å²) in [7, 11) is 0. The van der Waals surface area contributed by atoms with E-state index in [9.17, 15) is 4.79 Å². The van der Waals surface area contributed by atoms with Gasteiger partial charge in [0, 0.05) is 22.8 Å². The highest BCUT2D eigenvalue weighted by Gasteiger charge is 2.31. The van der Waals surface area contributed by atoms with Gasteiger partial charge in [0.25, 0.3) is 5.91 Å². The third kappa shape index (κ3) is 5.28. The van der Waals surface area contributed by atoms with Crippen LogP contribution in [0.5, 0.6) is 0 Å². The minimum Gasteiger partial charge on any atom is -0.316 e. The molecule has 2 atom stereocenters. The first kappa shape index (κ1) is 24.3. The third-order valence-electron chi connectivity index (χ3n) is 6.64. The van der Waals surface area contributed by atoms with E-state index in [1.807, 2.05) is 59.5 Å². The fraction of sp³-hybridized carbons (Fsp3) is 0.207. The molecule has 34 heavy (non-hydrogen) atoms. The molecule has 3 nitrogen and oxygen atoms in total. The molecular formula is C29H28Cl2N2O. The van der Waals surface area contributed by atoms with Crippen molar-refractivity contribution in [3.8, 4) is 0 Å². The van der Waals surface area contributed by atoms with E-state index in [2.05, 4.69) is 47.8 Å². The first-order valence-corrected chi connectivity index (χ1v) is 11.9. The van der Waals surface area contributed by atoms with Crippen LogP contribution < -0.4 is 10.2 Å². The fourth-order valence-corrected chi connectivity index (χ4v) is 5.00. The molecule has 4 aromatic carbocycles. The van der Waals surface area contributed by atoms with Gasteiger partial charge in [-0.15, -0.1) is 12.4 Å². The third-order valence-corrected chi connectivity index (χ3v) is 6.89. The number of fused-ring (bicyclic) bond motifs is 1. The van der Waals surface area contributed by atoms with Crippen molar-refractivity contribution in [1.82, 2.24) is 5.32 Å². The molecule has 174 valence electrons.